The maximum Gasteiger partial charge on any atom is 0.234 e. The van der Waals surface area contributed by atoms with Crippen LogP contribution in [0.3, 0.4) is 0 Å². The van der Waals surface area contributed by atoms with Crippen molar-refractivity contribution in [1.29, 1.82) is 0 Å². The lowest BCUT2D eigenvalue weighted by atomic mass is 9.90. The van der Waals surface area contributed by atoms with Gasteiger partial charge in [0.2, 0.25) is 11.8 Å². The summed E-state index contributed by atoms with van der Waals surface area (Å²) in [7, 11) is 0. The predicted octanol–water partition coefficient (Wildman–Crippen LogP) is 2.20. The highest BCUT2D eigenvalue weighted by Crippen LogP contribution is 2.27. The van der Waals surface area contributed by atoms with Crippen LogP contribution in [0.2, 0.25) is 0 Å². The number of rotatable bonds is 2. The molecule has 0 bridgehead atoms. The first kappa shape index (κ1) is 13.2. The van der Waals surface area contributed by atoms with Gasteiger partial charge in [-0.15, -0.1) is 0 Å². The zero-order valence-electron chi connectivity index (χ0n) is 11.6. The van der Waals surface area contributed by atoms with E-state index in [9.17, 15) is 9.59 Å². The fourth-order valence-electron chi connectivity index (χ4n) is 3.08. The smallest absolute Gasteiger partial charge is 0.234 e. The van der Waals surface area contributed by atoms with Gasteiger partial charge in [0.05, 0.1) is 5.92 Å². The second-order valence-corrected chi connectivity index (χ2v) is 5.64. The van der Waals surface area contributed by atoms with Crippen molar-refractivity contribution in [2.24, 2.45) is 0 Å². The van der Waals surface area contributed by atoms with E-state index in [1.54, 1.807) is 0 Å². The molecule has 1 atom stereocenters. The van der Waals surface area contributed by atoms with E-state index >= 15 is 0 Å². The maximum atomic E-state index is 11.8. The fraction of sp³-hybridized carbons (Fsp3) is 0.500. The maximum absolute atomic E-state index is 11.8. The summed E-state index contributed by atoms with van der Waals surface area (Å²) in [4.78, 5) is 25.4. The van der Waals surface area contributed by atoms with Crippen LogP contribution in [0, 0.1) is 0 Å². The molecule has 20 heavy (non-hydrogen) atoms. The van der Waals surface area contributed by atoms with Crippen molar-refractivity contribution in [2.45, 2.75) is 38.0 Å². The topological polar surface area (TPSA) is 49.4 Å². The SMILES string of the molecule is O=C1CCC(c2ccc(N3CCCCC3)cc2)C(=O)N1. The Morgan fingerprint density at radius 3 is 2.35 bits per heavy atom. The zero-order valence-corrected chi connectivity index (χ0v) is 11.6. The van der Waals surface area contributed by atoms with Crippen molar-refractivity contribution in [1.82, 2.24) is 5.32 Å². The number of anilines is 1. The first-order valence-electron chi connectivity index (χ1n) is 7.42. The van der Waals surface area contributed by atoms with Crippen LogP contribution < -0.4 is 10.2 Å². The van der Waals surface area contributed by atoms with Crippen molar-refractivity contribution in [3.63, 3.8) is 0 Å². The number of piperidine rings is 2. The molecule has 2 heterocycles. The van der Waals surface area contributed by atoms with E-state index in [2.05, 4.69) is 22.3 Å². The fourth-order valence-corrected chi connectivity index (χ4v) is 3.08. The third-order valence-corrected chi connectivity index (χ3v) is 4.26. The Morgan fingerprint density at radius 2 is 1.70 bits per heavy atom. The van der Waals surface area contributed by atoms with Crippen LogP contribution in [0.1, 0.15) is 43.6 Å². The average Bonchev–Trinajstić information content (AvgIpc) is 2.48. The number of amides is 2. The molecule has 2 aliphatic rings. The number of benzene rings is 1. The lowest BCUT2D eigenvalue weighted by molar-refractivity contribution is -0.134. The molecule has 2 fully saturated rings. The molecule has 2 aliphatic heterocycles. The molecule has 4 heteroatoms. The van der Waals surface area contributed by atoms with Crippen LogP contribution in [-0.2, 0) is 9.59 Å². The van der Waals surface area contributed by atoms with E-state index in [1.807, 2.05) is 12.1 Å². The Kier molecular flexibility index (Phi) is 3.72. The summed E-state index contributed by atoms with van der Waals surface area (Å²) in [6, 6.07) is 8.27. The highest BCUT2D eigenvalue weighted by molar-refractivity contribution is 6.00. The van der Waals surface area contributed by atoms with E-state index < -0.39 is 0 Å². The normalized spacial score (nSPS) is 23.6. The number of nitrogens with one attached hydrogen (secondary N) is 1. The highest BCUT2D eigenvalue weighted by Gasteiger charge is 2.27. The van der Waals surface area contributed by atoms with Crippen LogP contribution in [0.5, 0.6) is 0 Å². The molecule has 0 radical (unpaired) electrons. The minimum Gasteiger partial charge on any atom is -0.372 e. The summed E-state index contributed by atoms with van der Waals surface area (Å²) in [6.07, 6.45) is 4.90. The van der Waals surface area contributed by atoms with Crippen molar-refractivity contribution in [3.8, 4) is 0 Å². The Hall–Kier alpha value is -1.84. The molecule has 106 valence electrons. The summed E-state index contributed by atoms with van der Waals surface area (Å²) in [5.41, 5.74) is 2.25. The molecule has 3 rings (SSSR count). The summed E-state index contributed by atoms with van der Waals surface area (Å²) in [5.74, 6) is -0.494. The van der Waals surface area contributed by atoms with E-state index in [4.69, 9.17) is 0 Å². The highest BCUT2D eigenvalue weighted by atomic mass is 16.2. The molecular weight excluding hydrogens is 252 g/mol. The molecule has 1 aromatic carbocycles. The first-order chi connectivity index (χ1) is 9.74. The molecule has 4 nitrogen and oxygen atoms in total. The third kappa shape index (κ3) is 2.69. The average molecular weight is 272 g/mol. The van der Waals surface area contributed by atoms with E-state index in [1.165, 1.54) is 24.9 Å². The number of nitrogens with zero attached hydrogens (tertiary/aromatic N) is 1. The van der Waals surface area contributed by atoms with Crippen LogP contribution in [0.4, 0.5) is 5.69 Å². The van der Waals surface area contributed by atoms with Gasteiger partial charge in [-0.05, 0) is 43.4 Å². The first-order valence-corrected chi connectivity index (χ1v) is 7.42. The number of carbonyl (C=O) groups excluding carboxylic acids is 2. The van der Waals surface area contributed by atoms with Gasteiger partial charge in [-0.25, -0.2) is 0 Å². The standard InChI is InChI=1S/C16H20N2O2/c19-15-9-8-14(16(20)17-15)12-4-6-13(7-5-12)18-10-2-1-3-11-18/h4-7,14H,1-3,8-11H2,(H,17,19,20). The van der Waals surface area contributed by atoms with Crippen molar-refractivity contribution < 1.29 is 9.59 Å². The predicted molar refractivity (Wildman–Crippen MR) is 77.6 cm³/mol. The molecule has 0 aliphatic carbocycles. The van der Waals surface area contributed by atoms with Crippen LogP contribution in [-0.4, -0.2) is 24.9 Å². The molecule has 1 aromatic rings. The van der Waals surface area contributed by atoms with Gasteiger partial charge in [0, 0.05) is 25.2 Å². The number of hydrogen-bond donors (Lipinski definition) is 1. The summed E-state index contributed by atoms with van der Waals surface area (Å²) >= 11 is 0. The Morgan fingerprint density at radius 1 is 1.00 bits per heavy atom. The minimum atomic E-state index is -0.178. The van der Waals surface area contributed by atoms with Crippen molar-refractivity contribution in [2.75, 3.05) is 18.0 Å². The monoisotopic (exact) mass is 272 g/mol. The number of carbonyl (C=O) groups is 2. The minimum absolute atomic E-state index is 0.156. The summed E-state index contributed by atoms with van der Waals surface area (Å²) in [6.45, 7) is 2.25. The molecule has 0 saturated carbocycles. The van der Waals surface area contributed by atoms with Gasteiger partial charge in [-0.3, -0.25) is 14.9 Å². The Balaban J connectivity index is 1.72. The van der Waals surface area contributed by atoms with Crippen LogP contribution in [0.25, 0.3) is 0 Å². The van der Waals surface area contributed by atoms with Crippen LogP contribution >= 0.6 is 0 Å². The Labute approximate surface area is 119 Å². The molecule has 2 amide bonds. The van der Waals surface area contributed by atoms with E-state index in [0.717, 1.165) is 18.7 Å². The van der Waals surface area contributed by atoms with Crippen LogP contribution in [0.15, 0.2) is 24.3 Å². The van der Waals surface area contributed by atoms with Gasteiger partial charge in [-0.1, -0.05) is 12.1 Å². The lowest BCUT2D eigenvalue weighted by Gasteiger charge is -2.29. The third-order valence-electron chi connectivity index (χ3n) is 4.26. The van der Waals surface area contributed by atoms with Crippen molar-refractivity contribution >= 4 is 17.5 Å². The van der Waals surface area contributed by atoms with Gasteiger partial charge in [0.15, 0.2) is 0 Å². The largest absolute Gasteiger partial charge is 0.372 e. The molecular formula is C16H20N2O2. The second kappa shape index (κ2) is 5.65. The molecule has 1 unspecified atom stereocenters. The van der Waals surface area contributed by atoms with Gasteiger partial charge in [0.25, 0.3) is 0 Å². The summed E-state index contributed by atoms with van der Waals surface area (Å²) in [5, 5.41) is 2.42. The van der Waals surface area contributed by atoms with Gasteiger partial charge in [-0.2, -0.15) is 0 Å². The van der Waals surface area contributed by atoms with Gasteiger partial charge < -0.3 is 4.90 Å². The van der Waals surface area contributed by atoms with Crippen molar-refractivity contribution in [3.05, 3.63) is 29.8 Å². The van der Waals surface area contributed by atoms with Gasteiger partial charge >= 0.3 is 0 Å². The lowest BCUT2D eigenvalue weighted by Crippen LogP contribution is -2.39. The van der Waals surface area contributed by atoms with E-state index in [0.29, 0.717) is 12.8 Å². The molecule has 1 N–H and O–H groups in total. The number of hydrogen-bond acceptors (Lipinski definition) is 3. The quantitative estimate of drug-likeness (QED) is 0.840. The molecule has 0 aromatic heterocycles. The van der Waals surface area contributed by atoms with E-state index in [-0.39, 0.29) is 17.7 Å². The zero-order chi connectivity index (χ0) is 13.9. The second-order valence-electron chi connectivity index (χ2n) is 5.64. The van der Waals surface area contributed by atoms with Gasteiger partial charge in [0.1, 0.15) is 0 Å². The molecule has 0 spiro atoms. The Bertz CT molecular complexity index is 504. The number of imide groups is 1. The molecule has 2 saturated heterocycles. The summed E-state index contributed by atoms with van der Waals surface area (Å²) < 4.78 is 0.